The van der Waals surface area contributed by atoms with Crippen molar-refractivity contribution in [3.63, 3.8) is 0 Å². The molecular formula is C29H40ClN3O3S. The van der Waals surface area contributed by atoms with Crippen molar-refractivity contribution in [1.29, 1.82) is 0 Å². The van der Waals surface area contributed by atoms with Gasteiger partial charge < -0.3 is 16.2 Å². The van der Waals surface area contributed by atoms with Crippen LogP contribution in [0.5, 0.6) is 0 Å². The van der Waals surface area contributed by atoms with E-state index in [1.807, 2.05) is 24.4 Å². The van der Waals surface area contributed by atoms with Crippen molar-refractivity contribution in [2.24, 2.45) is 17.8 Å². The van der Waals surface area contributed by atoms with Gasteiger partial charge in [0.05, 0.1) is 16.4 Å². The Morgan fingerprint density at radius 2 is 2.00 bits per heavy atom. The molecule has 0 spiro atoms. The lowest BCUT2D eigenvalue weighted by Crippen LogP contribution is -2.43. The van der Waals surface area contributed by atoms with Crippen molar-refractivity contribution < 1.29 is 14.7 Å². The molecule has 4 N–H and O–H groups in total. The van der Waals surface area contributed by atoms with Crippen LogP contribution >= 0.6 is 22.9 Å². The number of amides is 1. The first kappa shape index (κ1) is 28.1. The number of benzene rings is 1. The van der Waals surface area contributed by atoms with E-state index in [0.717, 1.165) is 74.8 Å². The number of thiophene rings is 1. The number of rotatable bonds is 10. The Kier molecular flexibility index (Phi) is 9.67. The summed E-state index contributed by atoms with van der Waals surface area (Å²) < 4.78 is 0. The second-order valence-electron chi connectivity index (χ2n) is 10.8. The molecule has 0 radical (unpaired) electrons. The van der Waals surface area contributed by atoms with E-state index in [0.29, 0.717) is 29.5 Å². The van der Waals surface area contributed by atoms with Gasteiger partial charge in [0.15, 0.2) is 0 Å². The maximum Gasteiger partial charge on any atom is 0.227 e. The number of aliphatic hydroxyl groups is 1. The molecule has 2 aliphatic heterocycles. The smallest absolute Gasteiger partial charge is 0.227 e. The van der Waals surface area contributed by atoms with Crippen molar-refractivity contribution in [3.05, 3.63) is 44.6 Å². The number of hydrogen-bond donors (Lipinski definition) is 3. The molecular weight excluding hydrogens is 506 g/mol. The Morgan fingerprint density at radius 1 is 1.24 bits per heavy atom. The number of nitrogens with two attached hydrogens (primary N) is 1. The third kappa shape index (κ3) is 7.14. The van der Waals surface area contributed by atoms with Gasteiger partial charge in [-0.1, -0.05) is 24.6 Å². The van der Waals surface area contributed by atoms with E-state index in [9.17, 15) is 14.7 Å². The summed E-state index contributed by atoms with van der Waals surface area (Å²) in [5.41, 5.74) is 10.9. The average molecular weight is 546 g/mol. The van der Waals surface area contributed by atoms with Crippen LogP contribution in [0.25, 0.3) is 0 Å². The minimum absolute atomic E-state index is 0.0763. The number of fused-ring (bicyclic) bond motifs is 1. The maximum atomic E-state index is 12.7. The van der Waals surface area contributed by atoms with Crippen molar-refractivity contribution in [2.75, 3.05) is 24.1 Å². The standard InChI is InChI=1S/C29H40ClN3O3S/c1-3-21-12-20(14-25(30)28(21)31)13-24(18(2)34)15-27(35)33-10-8-19(9-11-33)4-5-22-6-7-23-16-37-17-26(23)32-29(22)36/h12,14,16-17,19,22,24,27,35H,3-11,13,15,31H2,1-2H3,(H,32,36)/t22?,24-,27?/m0/s1. The van der Waals surface area contributed by atoms with Crippen molar-refractivity contribution in [3.8, 4) is 0 Å². The van der Waals surface area contributed by atoms with Crippen molar-refractivity contribution in [1.82, 2.24) is 4.90 Å². The van der Waals surface area contributed by atoms with Gasteiger partial charge in [-0.25, -0.2) is 0 Å². The summed E-state index contributed by atoms with van der Waals surface area (Å²) in [6.07, 6.45) is 6.96. The molecule has 1 fully saturated rings. The van der Waals surface area contributed by atoms with E-state index in [-0.39, 0.29) is 23.5 Å². The number of halogens is 1. The first-order chi connectivity index (χ1) is 17.7. The van der Waals surface area contributed by atoms with Gasteiger partial charge in [0, 0.05) is 30.3 Å². The molecule has 1 aromatic carbocycles. The Morgan fingerprint density at radius 3 is 2.70 bits per heavy atom. The number of piperidine rings is 1. The maximum absolute atomic E-state index is 12.7. The fraction of sp³-hybridized carbons (Fsp3) is 0.586. The van der Waals surface area contributed by atoms with E-state index < -0.39 is 6.23 Å². The Balaban J connectivity index is 1.24. The normalized spacial score (nSPS) is 20.6. The lowest BCUT2D eigenvalue weighted by atomic mass is 9.86. The zero-order valence-corrected chi connectivity index (χ0v) is 23.5. The summed E-state index contributed by atoms with van der Waals surface area (Å²) in [7, 11) is 0. The first-order valence-corrected chi connectivity index (χ1v) is 14.9. The predicted octanol–water partition coefficient (Wildman–Crippen LogP) is 5.70. The Bertz CT molecular complexity index is 1100. The number of nitrogen functional groups attached to an aromatic ring is 1. The van der Waals surface area contributed by atoms with Crippen LogP contribution in [-0.4, -0.2) is 41.0 Å². The van der Waals surface area contributed by atoms with Crippen molar-refractivity contribution in [2.45, 2.75) is 77.9 Å². The SMILES string of the molecule is CCc1cc(C[C@@H](CC(O)N2CCC(CCC3CCc4cscc4NC3=O)CC2)C(C)=O)cc(Cl)c1N. The van der Waals surface area contributed by atoms with Crippen LogP contribution in [0.4, 0.5) is 11.4 Å². The number of nitrogens with zero attached hydrogens (tertiary/aromatic N) is 1. The predicted molar refractivity (Wildman–Crippen MR) is 152 cm³/mol. The monoisotopic (exact) mass is 545 g/mol. The molecule has 2 aromatic rings. The largest absolute Gasteiger partial charge is 0.397 e. The highest BCUT2D eigenvalue weighted by Crippen LogP contribution is 2.33. The van der Waals surface area contributed by atoms with E-state index in [1.165, 1.54) is 5.56 Å². The molecule has 6 nitrogen and oxygen atoms in total. The topological polar surface area (TPSA) is 95.7 Å². The van der Waals surface area contributed by atoms with Crippen LogP contribution in [0.15, 0.2) is 22.9 Å². The van der Waals surface area contributed by atoms with E-state index in [2.05, 4.69) is 15.6 Å². The van der Waals surface area contributed by atoms with Gasteiger partial charge in [0.1, 0.15) is 12.0 Å². The van der Waals surface area contributed by atoms with E-state index in [4.69, 9.17) is 17.3 Å². The second kappa shape index (κ2) is 12.7. The van der Waals surface area contributed by atoms with Gasteiger partial charge in [0.25, 0.3) is 0 Å². The quantitative estimate of drug-likeness (QED) is 0.333. The number of Topliss-reactive ketones (excluding diaryl/α,β-unsaturated/α-hetero) is 1. The number of carbonyl (C=O) groups excluding carboxylic acids is 2. The van der Waals surface area contributed by atoms with Gasteiger partial charge in [-0.2, -0.15) is 0 Å². The number of carbonyl (C=O) groups is 2. The molecule has 8 heteroatoms. The molecule has 3 heterocycles. The molecule has 2 aliphatic rings. The van der Waals surface area contributed by atoms with Crippen LogP contribution in [0, 0.1) is 17.8 Å². The first-order valence-electron chi connectivity index (χ1n) is 13.6. The molecule has 0 saturated carbocycles. The Hall–Kier alpha value is -1.93. The number of aliphatic hydroxyl groups excluding tert-OH is 1. The second-order valence-corrected chi connectivity index (χ2v) is 12.0. The Labute approximate surface area is 229 Å². The third-order valence-corrected chi connectivity index (χ3v) is 9.44. The zero-order valence-electron chi connectivity index (χ0n) is 22.0. The van der Waals surface area contributed by atoms with Gasteiger partial charge in [-0.3, -0.25) is 14.5 Å². The molecule has 4 rings (SSSR count). The van der Waals surface area contributed by atoms with Gasteiger partial charge in [-0.05, 0) is 98.8 Å². The van der Waals surface area contributed by atoms with Crippen LogP contribution < -0.4 is 11.1 Å². The third-order valence-electron chi connectivity index (χ3n) is 8.34. The summed E-state index contributed by atoms with van der Waals surface area (Å²) in [4.78, 5) is 27.2. The molecule has 37 heavy (non-hydrogen) atoms. The number of likely N-dealkylation sites (tertiary alicyclic amines) is 1. The minimum Gasteiger partial charge on any atom is -0.397 e. The highest BCUT2D eigenvalue weighted by atomic mass is 35.5. The number of aryl methyl sites for hydroxylation is 2. The van der Waals surface area contributed by atoms with E-state index in [1.54, 1.807) is 18.3 Å². The number of nitrogens with one attached hydrogen (secondary N) is 1. The molecule has 0 bridgehead atoms. The molecule has 2 unspecified atom stereocenters. The van der Waals surface area contributed by atoms with E-state index >= 15 is 0 Å². The highest BCUT2D eigenvalue weighted by Gasteiger charge is 2.29. The number of ketones is 1. The fourth-order valence-corrected chi connectivity index (χ4v) is 6.89. The van der Waals surface area contributed by atoms with Gasteiger partial charge in [0.2, 0.25) is 5.91 Å². The minimum atomic E-state index is -0.642. The molecule has 0 aliphatic carbocycles. The zero-order chi connectivity index (χ0) is 26.5. The fourth-order valence-electron chi connectivity index (χ4n) is 5.80. The van der Waals surface area contributed by atoms with Crippen LogP contribution in [-0.2, 0) is 28.9 Å². The summed E-state index contributed by atoms with van der Waals surface area (Å²) >= 11 is 7.97. The number of hydrogen-bond acceptors (Lipinski definition) is 6. The van der Waals surface area contributed by atoms with Gasteiger partial charge in [-0.15, -0.1) is 11.3 Å². The molecule has 1 saturated heterocycles. The molecule has 1 aromatic heterocycles. The lowest BCUT2D eigenvalue weighted by Gasteiger charge is -2.36. The van der Waals surface area contributed by atoms with Gasteiger partial charge >= 0.3 is 0 Å². The average Bonchev–Trinajstić information content (AvgIpc) is 3.26. The van der Waals surface area contributed by atoms with Crippen LogP contribution in [0.3, 0.4) is 0 Å². The molecule has 1 amide bonds. The summed E-state index contributed by atoms with van der Waals surface area (Å²) in [5.74, 6) is 0.618. The molecule has 3 atom stereocenters. The van der Waals surface area contributed by atoms with Crippen molar-refractivity contribution >= 4 is 46.0 Å². The number of anilines is 2. The van der Waals surface area contributed by atoms with Crippen LogP contribution in [0.1, 0.15) is 69.1 Å². The van der Waals surface area contributed by atoms with Crippen LogP contribution in [0.2, 0.25) is 5.02 Å². The molecule has 202 valence electrons. The lowest BCUT2D eigenvalue weighted by molar-refractivity contribution is -0.123. The summed E-state index contributed by atoms with van der Waals surface area (Å²) in [6.45, 7) is 5.27. The summed E-state index contributed by atoms with van der Waals surface area (Å²) in [6, 6.07) is 3.88. The highest BCUT2D eigenvalue weighted by molar-refractivity contribution is 7.08. The summed E-state index contributed by atoms with van der Waals surface area (Å²) in [5, 5.41) is 18.8.